The summed E-state index contributed by atoms with van der Waals surface area (Å²) in [5.74, 6) is 0. The fourth-order valence-corrected chi connectivity index (χ4v) is 8.89. The minimum Gasteiger partial charge on any atom is -0.282 e. The summed E-state index contributed by atoms with van der Waals surface area (Å²) in [6, 6.07) is 12.4. The minimum atomic E-state index is -5.40. The number of benzene rings is 3. The molecule has 0 aliphatic carbocycles. The van der Waals surface area contributed by atoms with Gasteiger partial charge in [0, 0.05) is 5.39 Å². The molecule has 0 unspecified atom stereocenters. The van der Waals surface area contributed by atoms with E-state index in [1.807, 2.05) is 6.07 Å². The molecule has 3 aromatic carbocycles. The largest absolute Gasteiger partial charge is 0.297 e. The lowest BCUT2D eigenvalue weighted by atomic mass is 10.0. The molecule has 0 aliphatic heterocycles. The molecule has 246 valence electrons. The number of aryl methyl sites for hydroxylation is 1. The normalized spacial score (nSPS) is 12.6. The first-order valence-corrected chi connectivity index (χ1v) is 19.7. The van der Waals surface area contributed by atoms with Crippen LogP contribution in [0.25, 0.3) is 10.8 Å². The van der Waals surface area contributed by atoms with E-state index in [1.165, 1.54) is 75.6 Å². The van der Waals surface area contributed by atoms with Crippen LogP contribution in [0, 0.1) is 0 Å². The Hall–Kier alpha value is -2.44. The second-order valence-electron chi connectivity index (χ2n) is 10.2. The molecule has 3 rings (SSSR count). The second kappa shape index (κ2) is 16.2. The Labute approximate surface area is 259 Å². The van der Waals surface area contributed by atoms with Gasteiger partial charge in [0.15, 0.2) is 0 Å². The standard InChI is InChI=1S/C18H30O3S.C10H8O9S3/c1-2-3-4-5-6-7-8-9-10-11-14-17-15-12-13-16-18(17)22(19,20)21;11-20(12,13)8-5-6-3-1-2-4-7(6)9(21(14,15)16)10(8)22(17,18)19/h12-13,15-16H,2-11,14H2,1H3,(H,19,20,21);1-5H,(H,11,12,13)(H,14,15,16)(H,17,18,19). The summed E-state index contributed by atoms with van der Waals surface area (Å²) >= 11 is 0. The highest BCUT2D eigenvalue weighted by atomic mass is 32.2. The van der Waals surface area contributed by atoms with Crippen molar-refractivity contribution in [2.45, 2.75) is 97.1 Å². The summed E-state index contributed by atoms with van der Waals surface area (Å²) in [5.41, 5.74) is 0.726. The predicted molar refractivity (Wildman–Crippen MR) is 165 cm³/mol. The van der Waals surface area contributed by atoms with Crippen molar-refractivity contribution in [2.75, 3.05) is 0 Å². The molecule has 0 saturated heterocycles. The number of hydrogen-bond donors (Lipinski definition) is 4. The van der Waals surface area contributed by atoms with Gasteiger partial charge < -0.3 is 0 Å². The number of unbranched alkanes of at least 4 members (excludes halogenated alkanes) is 9. The molecule has 4 N–H and O–H groups in total. The van der Waals surface area contributed by atoms with Crippen molar-refractivity contribution in [3.8, 4) is 0 Å². The quantitative estimate of drug-likeness (QED) is 0.107. The van der Waals surface area contributed by atoms with E-state index < -0.39 is 55.2 Å². The second-order valence-corrected chi connectivity index (χ2v) is 15.7. The van der Waals surface area contributed by atoms with E-state index in [0.717, 1.165) is 24.5 Å². The Bertz CT molecular complexity index is 1850. The zero-order valence-electron chi connectivity index (χ0n) is 24.2. The third-order valence-corrected chi connectivity index (χ3v) is 10.7. The molecule has 0 aromatic heterocycles. The maximum Gasteiger partial charge on any atom is 0.297 e. The Morgan fingerprint density at radius 2 is 0.955 bits per heavy atom. The molecule has 16 heteroatoms. The van der Waals surface area contributed by atoms with Gasteiger partial charge in [0.25, 0.3) is 40.5 Å². The minimum absolute atomic E-state index is 0.0610. The van der Waals surface area contributed by atoms with Crippen LogP contribution in [0.15, 0.2) is 74.2 Å². The first kappa shape index (κ1) is 37.7. The summed E-state index contributed by atoms with van der Waals surface area (Å²) in [7, 11) is -19.9. The lowest BCUT2D eigenvalue weighted by molar-refractivity contribution is 0.457. The Morgan fingerprint density at radius 3 is 1.45 bits per heavy atom. The van der Waals surface area contributed by atoms with Gasteiger partial charge in [0.1, 0.15) is 14.7 Å². The highest BCUT2D eigenvalue weighted by Gasteiger charge is 2.34. The molecule has 0 atom stereocenters. The third-order valence-electron chi connectivity index (χ3n) is 6.77. The van der Waals surface area contributed by atoms with E-state index in [-0.39, 0.29) is 15.7 Å². The molecule has 12 nitrogen and oxygen atoms in total. The maximum atomic E-state index is 11.5. The van der Waals surface area contributed by atoms with Crippen molar-refractivity contribution < 1.29 is 51.9 Å². The Kier molecular flexibility index (Phi) is 13.9. The van der Waals surface area contributed by atoms with Gasteiger partial charge in [-0.15, -0.1) is 0 Å². The van der Waals surface area contributed by atoms with Gasteiger partial charge in [-0.25, -0.2) is 0 Å². The average Bonchev–Trinajstić information content (AvgIpc) is 2.91. The lowest BCUT2D eigenvalue weighted by Gasteiger charge is -2.12. The smallest absolute Gasteiger partial charge is 0.282 e. The summed E-state index contributed by atoms with van der Waals surface area (Å²) in [6.45, 7) is 2.24. The number of hydrogen-bond acceptors (Lipinski definition) is 8. The van der Waals surface area contributed by atoms with E-state index in [1.54, 1.807) is 12.1 Å². The van der Waals surface area contributed by atoms with Crippen molar-refractivity contribution in [2.24, 2.45) is 0 Å². The first-order chi connectivity index (χ1) is 20.4. The zero-order valence-corrected chi connectivity index (χ0v) is 27.4. The molecule has 3 aromatic rings. The van der Waals surface area contributed by atoms with E-state index in [4.69, 9.17) is 9.11 Å². The van der Waals surface area contributed by atoms with Crippen molar-refractivity contribution in [3.05, 3.63) is 60.2 Å². The van der Waals surface area contributed by atoms with Crippen LogP contribution in [-0.4, -0.2) is 51.9 Å². The lowest BCUT2D eigenvalue weighted by Crippen LogP contribution is -2.15. The van der Waals surface area contributed by atoms with Gasteiger partial charge in [0.05, 0.1) is 4.90 Å². The molecule has 0 amide bonds. The fraction of sp³-hybridized carbons (Fsp3) is 0.429. The highest BCUT2D eigenvalue weighted by Crippen LogP contribution is 2.35. The number of fused-ring (bicyclic) bond motifs is 1. The first-order valence-electron chi connectivity index (χ1n) is 13.9. The molecule has 0 aliphatic rings. The molecule has 0 fully saturated rings. The van der Waals surface area contributed by atoms with Gasteiger partial charge in [-0.05, 0) is 35.9 Å². The van der Waals surface area contributed by atoms with Crippen LogP contribution in [0.1, 0.15) is 76.7 Å². The van der Waals surface area contributed by atoms with Gasteiger partial charge in [-0.1, -0.05) is 107 Å². The van der Waals surface area contributed by atoms with Gasteiger partial charge in [0.2, 0.25) is 0 Å². The summed E-state index contributed by atoms with van der Waals surface area (Å²) in [4.78, 5) is -4.25. The van der Waals surface area contributed by atoms with Crippen molar-refractivity contribution in [1.82, 2.24) is 0 Å². The Balaban J connectivity index is 0.000000307. The molecule has 0 radical (unpaired) electrons. The number of rotatable bonds is 15. The zero-order chi connectivity index (χ0) is 33.2. The maximum absolute atomic E-state index is 11.5. The van der Waals surface area contributed by atoms with Crippen LogP contribution in [-0.2, 0) is 46.9 Å². The fourth-order valence-electron chi connectivity index (χ4n) is 4.73. The van der Waals surface area contributed by atoms with Gasteiger partial charge in [-0.2, -0.15) is 33.7 Å². The van der Waals surface area contributed by atoms with Crippen molar-refractivity contribution >= 4 is 51.2 Å². The van der Waals surface area contributed by atoms with Gasteiger partial charge >= 0.3 is 0 Å². The molecule has 0 bridgehead atoms. The summed E-state index contributed by atoms with van der Waals surface area (Å²) < 4.78 is 128. The van der Waals surface area contributed by atoms with Crippen LogP contribution in [0.5, 0.6) is 0 Å². The molecule has 44 heavy (non-hydrogen) atoms. The van der Waals surface area contributed by atoms with E-state index in [9.17, 15) is 42.8 Å². The van der Waals surface area contributed by atoms with Crippen LogP contribution in [0.4, 0.5) is 0 Å². The predicted octanol–water partition coefficient (Wildman–Crippen LogP) is 5.98. The van der Waals surface area contributed by atoms with Crippen LogP contribution in [0.3, 0.4) is 0 Å². The molecular formula is C28H38O12S4. The van der Waals surface area contributed by atoms with Crippen LogP contribution < -0.4 is 0 Å². The van der Waals surface area contributed by atoms with Crippen molar-refractivity contribution in [1.29, 1.82) is 0 Å². The summed E-state index contributed by atoms with van der Waals surface area (Å²) in [5, 5.41) is -0.430. The molecule has 0 spiro atoms. The van der Waals surface area contributed by atoms with Crippen molar-refractivity contribution in [3.63, 3.8) is 0 Å². The average molecular weight is 695 g/mol. The van der Waals surface area contributed by atoms with E-state index in [2.05, 4.69) is 6.92 Å². The summed E-state index contributed by atoms with van der Waals surface area (Å²) in [6.07, 6.45) is 13.3. The SMILES string of the molecule is CCCCCCCCCCCCc1ccccc1S(=O)(=O)O.O=S(=O)(O)c1cc2ccccc2c(S(=O)(=O)O)c1S(=O)(=O)O. The molecule has 0 heterocycles. The van der Waals surface area contributed by atoms with E-state index in [0.29, 0.717) is 12.5 Å². The monoisotopic (exact) mass is 694 g/mol. The Morgan fingerprint density at radius 1 is 0.500 bits per heavy atom. The topological polar surface area (TPSA) is 217 Å². The molecular weight excluding hydrogens is 657 g/mol. The van der Waals surface area contributed by atoms with Gasteiger partial charge in [-0.3, -0.25) is 18.2 Å². The third kappa shape index (κ3) is 11.5. The van der Waals surface area contributed by atoms with Crippen LogP contribution >= 0.6 is 0 Å². The highest BCUT2D eigenvalue weighted by molar-refractivity contribution is 7.90. The van der Waals surface area contributed by atoms with Crippen LogP contribution in [0.2, 0.25) is 0 Å². The molecule has 0 saturated carbocycles. The van der Waals surface area contributed by atoms with E-state index >= 15 is 0 Å².